The number of hydrogen-bond donors (Lipinski definition) is 3. The Labute approximate surface area is 166 Å². The Hall–Kier alpha value is -3.88. The molecule has 2 amide bonds. The summed E-state index contributed by atoms with van der Waals surface area (Å²) < 4.78 is 10.9. The first kappa shape index (κ1) is 19.9. The zero-order valence-corrected chi connectivity index (χ0v) is 15.9. The minimum absolute atomic E-state index is 0.0133. The van der Waals surface area contributed by atoms with Gasteiger partial charge in [-0.25, -0.2) is 5.10 Å². The summed E-state index contributed by atoms with van der Waals surface area (Å²) in [6.45, 7) is 3.99. The Balaban J connectivity index is 1.61. The highest BCUT2D eigenvalue weighted by Gasteiger charge is 2.18. The molecule has 3 rings (SSSR count). The van der Waals surface area contributed by atoms with Gasteiger partial charge >= 0.3 is 0 Å². The van der Waals surface area contributed by atoms with Gasteiger partial charge in [0, 0.05) is 5.39 Å². The number of nitrogens with zero attached hydrogens (tertiary/aromatic N) is 1. The second kappa shape index (κ2) is 8.87. The highest BCUT2D eigenvalue weighted by Crippen LogP contribution is 2.18. The monoisotopic (exact) mass is 396 g/mol. The molecule has 0 aliphatic rings. The van der Waals surface area contributed by atoms with E-state index in [9.17, 15) is 14.4 Å². The quantitative estimate of drug-likeness (QED) is 0.544. The Morgan fingerprint density at radius 1 is 1.03 bits per heavy atom. The average molecular weight is 396 g/mol. The van der Waals surface area contributed by atoms with Crippen molar-refractivity contribution in [3.05, 3.63) is 64.6 Å². The number of ether oxygens (including phenoxy) is 2. The van der Waals surface area contributed by atoms with Gasteiger partial charge in [0.25, 0.3) is 17.4 Å². The molecule has 0 saturated heterocycles. The van der Waals surface area contributed by atoms with E-state index >= 15 is 0 Å². The third kappa shape index (κ3) is 4.70. The number of H-pyrrole nitrogens is 1. The van der Waals surface area contributed by atoms with Gasteiger partial charge < -0.3 is 9.47 Å². The van der Waals surface area contributed by atoms with Crippen LogP contribution >= 0.6 is 0 Å². The molecule has 0 bridgehead atoms. The van der Waals surface area contributed by atoms with Gasteiger partial charge in [0.2, 0.25) is 0 Å². The molecular weight excluding hydrogens is 376 g/mol. The van der Waals surface area contributed by atoms with Crippen molar-refractivity contribution in [1.82, 2.24) is 21.0 Å². The molecule has 1 heterocycles. The SMILES string of the molecule is CCOc1ccc(O[C@H](C)C(=O)NNC(=O)c2n[nH]c(=O)c3ccccc23)cc1. The van der Waals surface area contributed by atoms with Gasteiger partial charge in [-0.3, -0.25) is 25.2 Å². The van der Waals surface area contributed by atoms with Crippen LogP contribution in [0.4, 0.5) is 0 Å². The molecule has 29 heavy (non-hydrogen) atoms. The van der Waals surface area contributed by atoms with Crippen molar-refractivity contribution in [2.75, 3.05) is 6.61 Å². The first-order chi connectivity index (χ1) is 14.0. The normalized spacial score (nSPS) is 11.5. The summed E-state index contributed by atoms with van der Waals surface area (Å²) in [7, 11) is 0. The molecule has 150 valence electrons. The lowest BCUT2D eigenvalue weighted by atomic mass is 10.1. The number of hydrazine groups is 1. The number of benzene rings is 2. The van der Waals surface area contributed by atoms with E-state index in [0.29, 0.717) is 28.9 Å². The fraction of sp³-hybridized carbons (Fsp3) is 0.200. The molecule has 9 heteroatoms. The van der Waals surface area contributed by atoms with E-state index in [1.807, 2.05) is 6.92 Å². The van der Waals surface area contributed by atoms with Crippen molar-refractivity contribution in [3.63, 3.8) is 0 Å². The van der Waals surface area contributed by atoms with E-state index in [1.54, 1.807) is 55.5 Å². The molecule has 3 N–H and O–H groups in total. The van der Waals surface area contributed by atoms with E-state index in [2.05, 4.69) is 21.0 Å². The number of rotatable bonds is 6. The molecule has 0 unspecified atom stereocenters. The summed E-state index contributed by atoms with van der Waals surface area (Å²) in [4.78, 5) is 36.4. The van der Waals surface area contributed by atoms with Crippen LogP contribution in [0.15, 0.2) is 53.3 Å². The van der Waals surface area contributed by atoms with Crippen LogP contribution in [0.25, 0.3) is 10.8 Å². The molecular formula is C20H20N4O5. The summed E-state index contributed by atoms with van der Waals surface area (Å²) in [6.07, 6.45) is -0.867. The lowest BCUT2D eigenvalue weighted by Crippen LogP contribution is -2.47. The third-order valence-corrected chi connectivity index (χ3v) is 4.03. The van der Waals surface area contributed by atoms with E-state index in [0.717, 1.165) is 0 Å². The first-order valence-electron chi connectivity index (χ1n) is 8.96. The van der Waals surface area contributed by atoms with Gasteiger partial charge in [-0.1, -0.05) is 18.2 Å². The van der Waals surface area contributed by atoms with Gasteiger partial charge in [-0.2, -0.15) is 5.10 Å². The van der Waals surface area contributed by atoms with Crippen LogP contribution in [0.5, 0.6) is 11.5 Å². The van der Waals surface area contributed by atoms with Crippen LogP contribution in [-0.4, -0.2) is 34.7 Å². The van der Waals surface area contributed by atoms with Gasteiger partial charge in [-0.15, -0.1) is 0 Å². The summed E-state index contributed by atoms with van der Waals surface area (Å²) in [6, 6.07) is 13.4. The maximum atomic E-state index is 12.4. The predicted molar refractivity (Wildman–Crippen MR) is 106 cm³/mol. The van der Waals surface area contributed by atoms with Gasteiger partial charge in [0.05, 0.1) is 12.0 Å². The summed E-state index contributed by atoms with van der Waals surface area (Å²) in [5.74, 6) is -0.0411. The van der Waals surface area contributed by atoms with Crippen molar-refractivity contribution in [2.24, 2.45) is 0 Å². The number of hydrogen-bond acceptors (Lipinski definition) is 6. The molecule has 0 radical (unpaired) electrons. The Kier molecular flexibility index (Phi) is 6.08. The maximum Gasteiger partial charge on any atom is 0.290 e. The topological polar surface area (TPSA) is 122 Å². The molecule has 0 saturated carbocycles. The largest absolute Gasteiger partial charge is 0.494 e. The number of aromatic amines is 1. The average Bonchev–Trinajstić information content (AvgIpc) is 2.74. The standard InChI is InChI=1S/C20H20N4O5/c1-3-28-13-8-10-14(11-9-13)29-12(2)18(25)22-24-20(27)17-15-6-4-5-7-16(15)19(26)23-21-17/h4-12H,3H2,1-2H3,(H,22,25)(H,23,26)(H,24,27)/t12-/m1/s1. The smallest absolute Gasteiger partial charge is 0.290 e. The van der Waals surface area contributed by atoms with Crippen molar-refractivity contribution >= 4 is 22.6 Å². The second-order valence-corrected chi connectivity index (χ2v) is 6.05. The summed E-state index contributed by atoms with van der Waals surface area (Å²) in [5, 5.41) is 6.74. The number of amides is 2. The van der Waals surface area contributed by atoms with Gasteiger partial charge in [-0.05, 0) is 44.2 Å². The number of carbonyl (C=O) groups is 2. The number of fused-ring (bicyclic) bond motifs is 1. The first-order valence-corrected chi connectivity index (χ1v) is 8.96. The van der Waals surface area contributed by atoms with Crippen molar-refractivity contribution < 1.29 is 19.1 Å². The molecule has 1 aromatic heterocycles. The fourth-order valence-electron chi connectivity index (χ4n) is 2.61. The zero-order valence-electron chi connectivity index (χ0n) is 15.9. The van der Waals surface area contributed by atoms with Crippen LogP contribution in [0.1, 0.15) is 24.3 Å². The highest BCUT2D eigenvalue weighted by molar-refractivity contribution is 6.05. The Morgan fingerprint density at radius 2 is 1.69 bits per heavy atom. The Morgan fingerprint density at radius 3 is 2.38 bits per heavy atom. The minimum atomic E-state index is -0.867. The lowest BCUT2D eigenvalue weighted by Gasteiger charge is -2.15. The summed E-state index contributed by atoms with van der Waals surface area (Å²) in [5.41, 5.74) is 4.15. The third-order valence-electron chi connectivity index (χ3n) is 4.03. The van der Waals surface area contributed by atoms with Crippen LogP contribution in [0.2, 0.25) is 0 Å². The highest BCUT2D eigenvalue weighted by atomic mass is 16.5. The van der Waals surface area contributed by atoms with Crippen LogP contribution in [-0.2, 0) is 4.79 Å². The Bertz CT molecular complexity index is 1080. The van der Waals surface area contributed by atoms with Gasteiger partial charge in [0.1, 0.15) is 11.5 Å². The zero-order chi connectivity index (χ0) is 20.8. The van der Waals surface area contributed by atoms with E-state index < -0.39 is 23.5 Å². The van der Waals surface area contributed by atoms with Crippen LogP contribution < -0.4 is 25.9 Å². The van der Waals surface area contributed by atoms with Crippen molar-refractivity contribution in [2.45, 2.75) is 20.0 Å². The van der Waals surface area contributed by atoms with Crippen LogP contribution in [0.3, 0.4) is 0 Å². The van der Waals surface area contributed by atoms with E-state index in [-0.39, 0.29) is 5.69 Å². The van der Waals surface area contributed by atoms with Crippen LogP contribution in [0, 0.1) is 0 Å². The number of aromatic nitrogens is 2. The maximum absolute atomic E-state index is 12.4. The number of carbonyl (C=O) groups excluding carboxylic acids is 2. The van der Waals surface area contributed by atoms with E-state index in [4.69, 9.17) is 9.47 Å². The molecule has 0 aliphatic heterocycles. The van der Waals surface area contributed by atoms with Gasteiger partial charge in [0.15, 0.2) is 11.8 Å². The predicted octanol–water partition coefficient (Wildman–Crippen LogP) is 1.55. The second-order valence-electron chi connectivity index (χ2n) is 6.05. The molecule has 0 spiro atoms. The fourth-order valence-corrected chi connectivity index (χ4v) is 2.61. The lowest BCUT2D eigenvalue weighted by molar-refractivity contribution is -0.128. The van der Waals surface area contributed by atoms with E-state index in [1.165, 1.54) is 0 Å². The van der Waals surface area contributed by atoms with Crippen molar-refractivity contribution in [3.8, 4) is 11.5 Å². The summed E-state index contributed by atoms with van der Waals surface area (Å²) >= 11 is 0. The molecule has 9 nitrogen and oxygen atoms in total. The van der Waals surface area contributed by atoms with Crippen molar-refractivity contribution in [1.29, 1.82) is 0 Å². The molecule has 2 aromatic carbocycles. The molecule has 3 aromatic rings. The molecule has 0 aliphatic carbocycles. The number of nitrogens with one attached hydrogen (secondary N) is 3. The minimum Gasteiger partial charge on any atom is -0.494 e. The molecule has 1 atom stereocenters. The molecule has 0 fully saturated rings.